The Bertz CT molecular complexity index is 1320. The van der Waals surface area contributed by atoms with Crippen LogP contribution in [0.3, 0.4) is 0 Å². The van der Waals surface area contributed by atoms with E-state index in [2.05, 4.69) is 15.0 Å². The number of hydroxylamine groups is 2. The number of aryl methyl sites for hydroxylation is 2. The summed E-state index contributed by atoms with van der Waals surface area (Å²) in [4.78, 5) is 24.8. The van der Waals surface area contributed by atoms with Gasteiger partial charge in [0.2, 0.25) is 10.0 Å². The number of benzene rings is 1. The Hall–Kier alpha value is -2.80. The lowest BCUT2D eigenvalue weighted by Gasteiger charge is -2.30. The molecular weight excluding hydrogens is 448 g/mol. The van der Waals surface area contributed by atoms with Gasteiger partial charge in [-0.3, -0.25) is 4.98 Å². The van der Waals surface area contributed by atoms with Crippen LogP contribution >= 0.6 is 0 Å². The Labute approximate surface area is 191 Å². The van der Waals surface area contributed by atoms with E-state index in [1.165, 1.54) is 20.8 Å². The van der Waals surface area contributed by atoms with Gasteiger partial charge in [0.05, 0.1) is 22.8 Å². The van der Waals surface area contributed by atoms with Crippen molar-refractivity contribution in [2.24, 2.45) is 0 Å². The van der Waals surface area contributed by atoms with Crippen molar-refractivity contribution < 1.29 is 18.4 Å². The molecule has 3 heterocycles. The summed E-state index contributed by atoms with van der Waals surface area (Å²) in [6.45, 7) is 6.76. The molecule has 2 N–H and O–H groups in total. The van der Waals surface area contributed by atoms with Crippen LogP contribution in [0.4, 0.5) is 0 Å². The zero-order valence-electron chi connectivity index (χ0n) is 18.9. The number of nitrogens with one attached hydrogen (secondary N) is 1. The Morgan fingerprint density at radius 1 is 1.15 bits per heavy atom. The number of aromatic amines is 1. The number of hydrogen-bond acceptors (Lipinski definition) is 8. The van der Waals surface area contributed by atoms with Crippen molar-refractivity contribution >= 4 is 15.7 Å². The van der Waals surface area contributed by atoms with Gasteiger partial charge in [-0.2, -0.15) is 9.37 Å². The number of fused-ring (bicyclic) bond motifs is 1. The first kappa shape index (κ1) is 23.4. The highest BCUT2D eigenvalue weighted by Gasteiger charge is 2.29. The minimum absolute atomic E-state index is 0.0633. The maximum absolute atomic E-state index is 13.2. The van der Waals surface area contributed by atoms with Crippen LogP contribution in [0.25, 0.3) is 17.0 Å². The largest absolute Gasteiger partial charge is 0.493 e. The number of hydrogen-bond donors (Lipinski definition) is 2. The van der Waals surface area contributed by atoms with Crippen LogP contribution in [0.15, 0.2) is 27.9 Å². The van der Waals surface area contributed by atoms with E-state index < -0.39 is 15.7 Å². The molecule has 11 nitrogen and oxygen atoms in total. The molecule has 1 saturated heterocycles. The maximum atomic E-state index is 13.2. The van der Waals surface area contributed by atoms with Crippen molar-refractivity contribution in [2.75, 3.05) is 32.8 Å². The van der Waals surface area contributed by atoms with Crippen molar-refractivity contribution in [3.05, 3.63) is 40.2 Å². The van der Waals surface area contributed by atoms with E-state index in [9.17, 15) is 18.4 Å². The molecule has 1 aromatic carbocycles. The molecular formula is C21H28N6O5S. The molecule has 0 aliphatic carbocycles. The zero-order valence-corrected chi connectivity index (χ0v) is 19.7. The number of H-pyrrole nitrogens is 1. The van der Waals surface area contributed by atoms with Gasteiger partial charge in [-0.05, 0) is 38.5 Å². The van der Waals surface area contributed by atoms with E-state index in [0.29, 0.717) is 41.5 Å². The Balaban J connectivity index is 1.85. The number of sulfonamides is 1. The second kappa shape index (κ2) is 9.21. The van der Waals surface area contributed by atoms with Gasteiger partial charge >= 0.3 is 5.69 Å². The highest BCUT2D eigenvalue weighted by atomic mass is 32.2. The van der Waals surface area contributed by atoms with E-state index in [4.69, 9.17) is 4.74 Å². The SMILES string of the molecule is CCCc1nc(C)n2c(=O)[nH]c(-c3cc(S(=O)(=O)N4CCN(O)CC4)ccc3OCC)nc12. The van der Waals surface area contributed by atoms with Crippen molar-refractivity contribution in [3.8, 4) is 17.1 Å². The molecule has 0 atom stereocenters. The molecule has 0 saturated carbocycles. The van der Waals surface area contributed by atoms with Gasteiger partial charge in [0.1, 0.15) is 17.4 Å². The summed E-state index contributed by atoms with van der Waals surface area (Å²) in [7, 11) is -3.81. The quantitative estimate of drug-likeness (QED) is 0.523. The molecule has 0 bridgehead atoms. The third kappa shape index (κ3) is 4.38. The maximum Gasteiger partial charge on any atom is 0.334 e. The predicted octanol–water partition coefficient (Wildman–Crippen LogP) is 1.44. The molecule has 12 heteroatoms. The standard InChI is InChI=1S/C21H28N6O5S/c1-4-6-17-20-23-19(24-21(28)27(20)14(3)22-17)16-13-15(7-8-18(16)32-5-2)33(30,31)26-11-9-25(29)10-12-26/h7-8,13,29H,4-6,9-12H2,1-3H3,(H,23,24,28). The lowest BCUT2D eigenvalue weighted by molar-refractivity contribution is -0.108. The number of nitrogens with zero attached hydrogens (tertiary/aromatic N) is 5. The topological polar surface area (TPSA) is 133 Å². The molecule has 0 radical (unpaired) electrons. The van der Waals surface area contributed by atoms with Gasteiger partial charge in [-0.25, -0.2) is 27.6 Å². The Kier molecular flexibility index (Phi) is 6.52. The first-order chi connectivity index (χ1) is 15.8. The van der Waals surface area contributed by atoms with Crippen molar-refractivity contribution in [3.63, 3.8) is 0 Å². The van der Waals surface area contributed by atoms with Crippen LogP contribution in [0.5, 0.6) is 5.75 Å². The normalized spacial score (nSPS) is 15.9. The fourth-order valence-electron chi connectivity index (χ4n) is 3.96. The fraction of sp³-hybridized carbons (Fsp3) is 0.476. The fourth-order valence-corrected chi connectivity index (χ4v) is 5.41. The van der Waals surface area contributed by atoms with Crippen LogP contribution in [0.2, 0.25) is 0 Å². The summed E-state index contributed by atoms with van der Waals surface area (Å²) in [6, 6.07) is 4.53. The second-order valence-corrected chi connectivity index (χ2v) is 9.79. The van der Waals surface area contributed by atoms with Gasteiger partial charge in [-0.15, -0.1) is 0 Å². The Morgan fingerprint density at radius 2 is 1.88 bits per heavy atom. The monoisotopic (exact) mass is 476 g/mol. The summed E-state index contributed by atoms with van der Waals surface area (Å²) in [5.74, 6) is 1.17. The summed E-state index contributed by atoms with van der Waals surface area (Å²) in [5.41, 5.74) is 1.13. The molecule has 0 amide bonds. The van der Waals surface area contributed by atoms with Crippen LogP contribution < -0.4 is 10.4 Å². The van der Waals surface area contributed by atoms with Gasteiger partial charge in [-0.1, -0.05) is 13.3 Å². The lowest BCUT2D eigenvalue weighted by Crippen LogP contribution is -2.47. The summed E-state index contributed by atoms with van der Waals surface area (Å²) >= 11 is 0. The van der Waals surface area contributed by atoms with Crippen molar-refractivity contribution in [1.29, 1.82) is 0 Å². The van der Waals surface area contributed by atoms with E-state index in [0.717, 1.165) is 11.5 Å². The molecule has 0 unspecified atom stereocenters. The number of imidazole rings is 1. The molecule has 178 valence electrons. The first-order valence-electron chi connectivity index (χ1n) is 11.0. The average molecular weight is 477 g/mol. The smallest absolute Gasteiger partial charge is 0.334 e. The van der Waals surface area contributed by atoms with Gasteiger partial charge in [0.25, 0.3) is 0 Å². The number of rotatable bonds is 7. The highest BCUT2D eigenvalue weighted by molar-refractivity contribution is 7.89. The minimum Gasteiger partial charge on any atom is -0.493 e. The molecule has 33 heavy (non-hydrogen) atoms. The lowest BCUT2D eigenvalue weighted by atomic mass is 10.2. The molecule has 3 aromatic rings. The molecule has 1 fully saturated rings. The summed E-state index contributed by atoms with van der Waals surface area (Å²) in [6.07, 6.45) is 1.51. The average Bonchev–Trinajstić information content (AvgIpc) is 3.10. The molecule has 2 aromatic heterocycles. The minimum atomic E-state index is -3.81. The Morgan fingerprint density at radius 3 is 2.55 bits per heavy atom. The third-order valence-corrected chi connectivity index (χ3v) is 7.48. The van der Waals surface area contributed by atoms with E-state index in [1.54, 1.807) is 13.0 Å². The van der Waals surface area contributed by atoms with Crippen molar-refractivity contribution in [2.45, 2.75) is 38.5 Å². The molecule has 1 aliphatic heterocycles. The van der Waals surface area contributed by atoms with Crippen LogP contribution in [-0.4, -0.2) is 75.1 Å². The van der Waals surface area contributed by atoms with Gasteiger partial charge < -0.3 is 9.94 Å². The molecule has 0 spiro atoms. The number of piperazine rings is 1. The molecule has 1 aliphatic rings. The first-order valence-corrected chi connectivity index (χ1v) is 12.4. The van der Waals surface area contributed by atoms with Crippen LogP contribution in [0.1, 0.15) is 31.8 Å². The highest BCUT2D eigenvalue weighted by Crippen LogP contribution is 2.32. The van der Waals surface area contributed by atoms with E-state index >= 15 is 0 Å². The second-order valence-electron chi connectivity index (χ2n) is 7.85. The van der Waals surface area contributed by atoms with E-state index in [-0.39, 0.29) is 36.9 Å². The zero-order chi connectivity index (χ0) is 23.8. The number of ether oxygens (including phenoxy) is 1. The summed E-state index contributed by atoms with van der Waals surface area (Å²) in [5, 5.41) is 10.7. The molecule has 4 rings (SSSR count). The van der Waals surface area contributed by atoms with Gasteiger partial charge in [0.15, 0.2) is 5.65 Å². The predicted molar refractivity (Wildman–Crippen MR) is 121 cm³/mol. The number of aromatic nitrogens is 4. The summed E-state index contributed by atoms with van der Waals surface area (Å²) < 4.78 is 35.0. The van der Waals surface area contributed by atoms with E-state index in [1.807, 2.05) is 13.8 Å². The van der Waals surface area contributed by atoms with Crippen LogP contribution in [-0.2, 0) is 16.4 Å². The van der Waals surface area contributed by atoms with Crippen LogP contribution in [0, 0.1) is 6.92 Å². The van der Waals surface area contributed by atoms with Crippen molar-refractivity contribution in [1.82, 2.24) is 28.7 Å². The van der Waals surface area contributed by atoms with Gasteiger partial charge in [0, 0.05) is 26.2 Å². The third-order valence-electron chi connectivity index (χ3n) is 5.58.